The van der Waals surface area contributed by atoms with E-state index in [4.69, 9.17) is 9.47 Å². The van der Waals surface area contributed by atoms with E-state index in [1.54, 1.807) is 31.0 Å². The number of halogens is 1. The minimum absolute atomic E-state index is 0.246. The van der Waals surface area contributed by atoms with Crippen LogP contribution < -0.4 is 9.47 Å². The molecule has 2 heterocycles. The second-order valence-electron chi connectivity index (χ2n) is 7.77. The second-order valence-corrected chi connectivity index (χ2v) is 8.84. The molecule has 1 saturated heterocycles. The normalized spacial score (nSPS) is 14.4. The predicted octanol–water partition coefficient (Wildman–Crippen LogP) is 4.96. The summed E-state index contributed by atoms with van der Waals surface area (Å²) in [5.74, 6) is 3.14. The second kappa shape index (κ2) is 11.3. The van der Waals surface area contributed by atoms with Crippen LogP contribution in [-0.4, -0.2) is 52.2 Å². The molecule has 32 heavy (non-hydrogen) atoms. The van der Waals surface area contributed by atoms with Crippen molar-refractivity contribution in [3.8, 4) is 17.2 Å². The first-order valence-corrected chi connectivity index (χ1v) is 12.0. The monoisotopic (exact) mass is 456 g/mol. The molecule has 1 aliphatic heterocycles. The van der Waals surface area contributed by atoms with Crippen molar-refractivity contribution in [3.05, 3.63) is 60.2 Å². The lowest BCUT2D eigenvalue weighted by Gasteiger charge is -2.26. The fourth-order valence-corrected chi connectivity index (χ4v) is 4.63. The predicted molar refractivity (Wildman–Crippen MR) is 124 cm³/mol. The Hall–Kier alpha value is -2.58. The molecule has 0 radical (unpaired) electrons. The highest BCUT2D eigenvalue weighted by molar-refractivity contribution is 7.99. The third kappa shape index (κ3) is 6.01. The van der Waals surface area contributed by atoms with Gasteiger partial charge < -0.3 is 9.47 Å². The minimum Gasteiger partial charge on any atom is -0.497 e. The zero-order chi connectivity index (χ0) is 22.2. The molecule has 170 valence electrons. The van der Waals surface area contributed by atoms with Crippen molar-refractivity contribution in [1.82, 2.24) is 19.7 Å². The van der Waals surface area contributed by atoms with Gasteiger partial charge in [0.1, 0.15) is 17.3 Å². The Morgan fingerprint density at radius 2 is 1.66 bits per heavy atom. The molecule has 0 saturated carbocycles. The van der Waals surface area contributed by atoms with E-state index >= 15 is 0 Å². The molecule has 0 unspecified atom stereocenters. The molecule has 1 aromatic heterocycles. The van der Waals surface area contributed by atoms with Gasteiger partial charge in [-0.1, -0.05) is 18.2 Å². The Labute approximate surface area is 192 Å². The maximum Gasteiger partial charge on any atom is 0.195 e. The highest BCUT2D eigenvalue weighted by Crippen LogP contribution is 2.25. The number of hydrogen-bond donors (Lipinski definition) is 0. The number of aromatic nitrogens is 3. The maximum atomic E-state index is 13.5. The van der Waals surface area contributed by atoms with Crippen LogP contribution in [0.4, 0.5) is 4.39 Å². The van der Waals surface area contributed by atoms with E-state index in [9.17, 15) is 4.39 Å². The molecule has 0 aliphatic carbocycles. The van der Waals surface area contributed by atoms with E-state index in [1.165, 1.54) is 31.4 Å². The molecule has 1 fully saturated rings. The quantitative estimate of drug-likeness (QED) is 0.317. The summed E-state index contributed by atoms with van der Waals surface area (Å²) in [6.45, 7) is 3.54. The summed E-state index contributed by atoms with van der Waals surface area (Å²) in [5, 5.41) is 9.77. The van der Waals surface area contributed by atoms with Crippen LogP contribution in [0.25, 0.3) is 5.69 Å². The molecule has 0 N–H and O–H groups in total. The number of rotatable bonds is 10. The number of ether oxygens (including phenoxy) is 2. The lowest BCUT2D eigenvalue weighted by Crippen LogP contribution is -2.30. The number of nitrogens with zero attached hydrogens (tertiary/aromatic N) is 4. The summed E-state index contributed by atoms with van der Waals surface area (Å²) < 4.78 is 26.5. The van der Waals surface area contributed by atoms with Gasteiger partial charge in [-0.25, -0.2) is 4.39 Å². The van der Waals surface area contributed by atoms with Crippen molar-refractivity contribution in [3.63, 3.8) is 0 Å². The van der Waals surface area contributed by atoms with Crippen LogP contribution in [0.5, 0.6) is 11.5 Å². The van der Waals surface area contributed by atoms with Gasteiger partial charge in [-0.05, 0) is 80.9 Å². The van der Waals surface area contributed by atoms with E-state index < -0.39 is 0 Å². The summed E-state index contributed by atoms with van der Waals surface area (Å²) in [4.78, 5) is 2.42. The van der Waals surface area contributed by atoms with Gasteiger partial charge in [-0.2, -0.15) is 0 Å². The fraction of sp³-hybridized carbons (Fsp3) is 0.417. The molecule has 0 spiro atoms. The summed E-state index contributed by atoms with van der Waals surface area (Å²) in [6.07, 6.45) is 4.61. The Bertz CT molecular complexity index is 973. The zero-order valence-corrected chi connectivity index (χ0v) is 19.2. The third-order valence-corrected chi connectivity index (χ3v) is 6.46. The molecular weight excluding hydrogens is 427 g/mol. The summed E-state index contributed by atoms with van der Waals surface area (Å²) in [6, 6.07) is 14.1. The fourth-order valence-electron chi connectivity index (χ4n) is 3.75. The third-order valence-electron chi connectivity index (χ3n) is 5.45. The molecule has 4 rings (SSSR count). The van der Waals surface area contributed by atoms with E-state index in [0.29, 0.717) is 6.61 Å². The Morgan fingerprint density at radius 1 is 0.938 bits per heavy atom. The van der Waals surface area contributed by atoms with Crippen LogP contribution in [0.2, 0.25) is 0 Å². The summed E-state index contributed by atoms with van der Waals surface area (Å²) in [7, 11) is 1.65. The first-order valence-electron chi connectivity index (χ1n) is 11.0. The van der Waals surface area contributed by atoms with E-state index in [1.807, 2.05) is 24.3 Å². The van der Waals surface area contributed by atoms with E-state index in [0.717, 1.165) is 60.0 Å². The maximum absolute atomic E-state index is 13.5. The highest BCUT2D eigenvalue weighted by Gasteiger charge is 2.18. The van der Waals surface area contributed by atoms with Crippen molar-refractivity contribution in [2.24, 2.45) is 0 Å². The van der Waals surface area contributed by atoms with Gasteiger partial charge in [0.2, 0.25) is 0 Å². The number of piperidine rings is 1. The molecule has 1 aliphatic rings. The van der Waals surface area contributed by atoms with Crippen LogP contribution in [0.15, 0.2) is 53.7 Å². The molecule has 0 atom stereocenters. The minimum atomic E-state index is -0.246. The van der Waals surface area contributed by atoms with Crippen LogP contribution in [0.1, 0.15) is 31.5 Å². The van der Waals surface area contributed by atoms with Crippen molar-refractivity contribution in [1.29, 1.82) is 0 Å². The molecule has 3 aromatic rings. The van der Waals surface area contributed by atoms with Crippen LogP contribution in [0.3, 0.4) is 0 Å². The lowest BCUT2D eigenvalue weighted by atomic mass is 10.1. The molecule has 2 aromatic carbocycles. The van der Waals surface area contributed by atoms with Crippen molar-refractivity contribution in [2.45, 2.75) is 37.4 Å². The highest BCUT2D eigenvalue weighted by atomic mass is 32.2. The topological polar surface area (TPSA) is 52.4 Å². The van der Waals surface area contributed by atoms with Gasteiger partial charge in [0.15, 0.2) is 11.0 Å². The smallest absolute Gasteiger partial charge is 0.195 e. The van der Waals surface area contributed by atoms with E-state index in [-0.39, 0.29) is 5.82 Å². The Kier molecular flexibility index (Phi) is 8.01. The van der Waals surface area contributed by atoms with Crippen LogP contribution >= 0.6 is 11.8 Å². The lowest BCUT2D eigenvalue weighted by molar-refractivity contribution is 0.214. The molecular formula is C24H29FN4O2S. The van der Waals surface area contributed by atoms with Gasteiger partial charge in [0.05, 0.1) is 20.3 Å². The first kappa shape index (κ1) is 22.6. The van der Waals surface area contributed by atoms with Crippen LogP contribution in [-0.2, 0) is 6.54 Å². The van der Waals surface area contributed by atoms with Gasteiger partial charge in [0, 0.05) is 11.4 Å². The molecule has 8 heteroatoms. The molecule has 6 nitrogen and oxygen atoms in total. The average Bonchev–Trinajstić information content (AvgIpc) is 3.22. The average molecular weight is 457 g/mol. The molecule has 0 amide bonds. The number of hydrogen-bond acceptors (Lipinski definition) is 6. The zero-order valence-electron chi connectivity index (χ0n) is 18.4. The number of methoxy groups -OCH3 is 1. The SMILES string of the molecule is COc1ccc(OCCCSc2nnc(CN3CCCCC3)n2-c2ccc(F)cc2)cc1. The van der Waals surface area contributed by atoms with Crippen molar-refractivity contribution in [2.75, 3.05) is 32.6 Å². The standard InChI is InChI=1S/C24H29FN4O2S/c1-30-21-10-12-22(13-11-21)31-16-5-17-32-24-27-26-23(18-28-14-3-2-4-15-28)29(24)20-8-6-19(25)7-9-20/h6-13H,2-5,14-18H2,1H3. The molecule has 0 bridgehead atoms. The number of benzene rings is 2. The largest absolute Gasteiger partial charge is 0.497 e. The summed E-state index contributed by atoms with van der Waals surface area (Å²) >= 11 is 1.65. The van der Waals surface area contributed by atoms with Gasteiger partial charge >= 0.3 is 0 Å². The Balaban J connectivity index is 1.37. The van der Waals surface area contributed by atoms with Gasteiger partial charge in [0.25, 0.3) is 0 Å². The van der Waals surface area contributed by atoms with Gasteiger partial charge in [-0.15, -0.1) is 10.2 Å². The van der Waals surface area contributed by atoms with Crippen molar-refractivity contribution < 1.29 is 13.9 Å². The van der Waals surface area contributed by atoms with E-state index in [2.05, 4.69) is 19.7 Å². The number of likely N-dealkylation sites (tertiary alicyclic amines) is 1. The first-order chi connectivity index (χ1) is 15.7. The Morgan fingerprint density at radius 3 is 2.38 bits per heavy atom. The van der Waals surface area contributed by atoms with Crippen LogP contribution in [0, 0.1) is 5.82 Å². The number of thioether (sulfide) groups is 1. The van der Waals surface area contributed by atoms with Crippen molar-refractivity contribution >= 4 is 11.8 Å². The van der Waals surface area contributed by atoms with Gasteiger partial charge in [-0.3, -0.25) is 9.47 Å². The summed E-state index contributed by atoms with van der Waals surface area (Å²) in [5.41, 5.74) is 0.889.